The van der Waals surface area contributed by atoms with Gasteiger partial charge in [-0.05, 0) is 12.0 Å². The van der Waals surface area contributed by atoms with Crippen molar-refractivity contribution in [2.24, 2.45) is 0 Å². The zero-order chi connectivity index (χ0) is 19.2. The molecule has 0 aliphatic rings. The summed E-state index contributed by atoms with van der Waals surface area (Å²) >= 11 is 0. The normalized spacial score (nSPS) is 10.6. The van der Waals surface area contributed by atoms with Gasteiger partial charge >= 0.3 is 0 Å². The van der Waals surface area contributed by atoms with Crippen molar-refractivity contribution in [2.75, 3.05) is 0 Å². The van der Waals surface area contributed by atoms with E-state index in [9.17, 15) is 14.9 Å². The van der Waals surface area contributed by atoms with Crippen LogP contribution in [-0.4, -0.2) is 20.6 Å². The highest BCUT2D eigenvalue weighted by Crippen LogP contribution is 2.18. The molecular weight excluding hydrogens is 344 g/mol. The molecule has 0 radical (unpaired) electrons. The summed E-state index contributed by atoms with van der Waals surface area (Å²) in [6.07, 6.45) is 2.21. The standard InChI is InChI=1S/C20H20N4O3/c1-2-18-17(13-22-23(18)14-15-8-4-3-5-9-15)20(25)21-12-16-10-6-7-11-19(16)24(26)27/h3-11,13H,2,12,14H2,1H3,(H,21,25). The minimum absolute atomic E-state index is 0.00622. The second-order valence-electron chi connectivity index (χ2n) is 6.07. The van der Waals surface area contributed by atoms with E-state index in [1.54, 1.807) is 24.4 Å². The maximum atomic E-state index is 12.6. The van der Waals surface area contributed by atoms with Crippen molar-refractivity contribution in [1.29, 1.82) is 0 Å². The van der Waals surface area contributed by atoms with Crippen LogP contribution in [0.2, 0.25) is 0 Å². The second kappa shape index (κ2) is 8.27. The number of rotatable bonds is 7. The quantitative estimate of drug-likeness (QED) is 0.514. The lowest BCUT2D eigenvalue weighted by molar-refractivity contribution is -0.385. The number of hydrogen-bond donors (Lipinski definition) is 1. The fourth-order valence-corrected chi connectivity index (χ4v) is 2.98. The van der Waals surface area contributed by atoms with E-state index in [0.29, 0.717) is 24.1 Å². The molecule has 0 saturated heterocycles. The van der Waals surface area contributed by atoms with E-state index in [-0.39, 0.29) is 18.1 Å². The SMILES string of the molecule is CCc1c(C(=O)NCc2ccccc2[N+](=O)[O-])cnn1Cc1ccccc1. The molecule has 2 aromatic carbocycles. The Morgan fingerprint density at radius 2 is 1.85 bits per heavy atom. The van der Waals surface area contributed by atoms with Crippen molar-refractivity contribution in [3.63, 3.8) is 0 Å². The van der Waals surface area contributed by atoms with Gasteiger partial charge in [0, 0.05) is 18.2 Å². The third-order valence-corrected chi connectivity index (χ3v) is 4.33. The molecule has 0 spiro atoms. The van der Waals surface area contributed by atoms with E-state index < -0.39 is 4.92 Å². The van der Waals surface area contributed by atoms with Gasteiger partial charge in [0.2, 0.25) is 0 Å². The summed E-state index contributed by atoms with van der Waals surface area (Å²) in [5.41, 5.74) is 2.88. The molecule has 3 rings (SSSR count). The summed E-state index contributed by atoms with van der Waals surface area (Å²) in [4.78, 5) is 23.3. The molecule has 0 unspecified atom stereocenters. The van der Waals surface area contributed by atoms with E-state index in [4.69, 9.17) is 0 Å². The van der Waals surface area contributed by atoms with Crippen LogP contribution in [0.3, 0.4) is 0 Å². The maximum Gasteiger partial charge on any atom is 0.274 e. The monoisotopic (exact) mass is 364 g/mol. The second-order valence-corrected chi connectivity index (χ2v) is 6.07. The van der Waals surface area contributed by atoms with Crippen LogP contribution in [0.4, 0.5) is 5.69 Å². The molecule has 7 heteroatoms. The van der Waals surface area contributed by atoms with E-state index in [1.165, 1.54) is 6.07 Å². The first-order chi connectivity index (χ1) is 13.1. The fourth-order valence-electron chi connectivity index (χ4n) is 2.98. The average molecular weight is 364 g/mol. The molecule has 138 valence electrons. The molecular formula is C20H20N4O3. The van der Waals surface area contributed by atoms with Gasteiger partial charge in [-0.15, -0.1) is 0 Å². The zero-order valence-electron chi connectivity index (χ0n) is 15.0. The molecule has 1 amide bonds. The van der Waals surface area contributed by atoms with Crippen LogP contribution in [0.25, 0.3) is 0 Å². The van der Waals surface area contributed by atoms with E-state index >= 15 is 0 Å². The summed E-state index contributed by atoms with van der Waals surface area (Å²) < 4.78 is 1.81. The first-order valence-corrected chi connectivity index (χ1v) is 8.69. The number of carbonyl (C=O) groups is 1. The van der Waals surface area contributed by atoms with Crippen molar-refractivity contribution >= 4 is 11.6 Å². The Hall–Kier alpha value is -3.48. The lowest BCUT2D eigenvalue weighted by Gasteiger charge is -2.09. The minimum Gasteiger partial charge on any atom is -0.348 e. The Labute approximate surface area is 156 Å². The lowest BCUT2D eigenvalue weighted by atomic mass is 10.1. The number of carbonyl (C=O) groups excluding carboxylic acids is 1. The predicted octanol–water partition coefficient (Wildman–Crippen LogP) is 3.33. The molecule has 27 heavy (non-hydrogen) atoms. The van der Waals surface area contributed by atoms with Gasteiger partial charge in [0.05, 0.1) is 28.9 Å². The number of amides is 1. The Bertz CT molecular complexity index is 951. The Morgan fingerprint density at radius 3 is 2.56 bits per heavy atom. The van der Waals surface area contributed by atoms with Crippen LogP contribution in [0.15, 0.2) is 60.8 Å². The van der Waals surface area contributed by atoms with Gasteiger partial charge in [-0.2, -0.15) is 5.10 Å². The molecule has 1 aromatic heterocycles. The van der Waals surface area contributed by atoms with Crippen molar-refractivity contribution in [3.8, 4) is 0 Å². The summed E-state index contributed by atoms with van der Waals surface area (Å²) in [7, 11) is 0. The van der Waals surface area contributed by atoms with Crippen LogP contribution in [0.5, 0.6) is 0 Å². The van der Waals surface area contributed by atoms with Gasteiger partial charge in [0.15, 0.2) is 0 Å². The third-order valence-electron chi connectivity index (χ3n) is 4.33. The predicted molar refractivity (Wildman–Crippen MR) is 101 cm³/mol. The number of nitrogens with one attached hydrogen (secondary N) is 1. The number of nitrogens with zero attached hydrogens (tertiary/aromatic N) is 3. The van der Waals surface area contributed by atoms with Crippen molar-refractivity contribution in [2.45, 2.75) is 26.4 Å². The van der Waals surface area contributed by atoms with E-state index in [0.717, 1.165) is 11.3 Å². The van der Waals surface area contributed by atoms with Crippen LogP contribution < -0.4 is 5.32 Å². The van der Waals surface area contributed by atoms with Gasteiger partial charge in [-0.3, -0.25) is 19.6 Å². The van der Waals surface area contributed by atoms with Crippen LogP contribution in [0, 0.1) is 10.1 Å². The Balaban J connectivity index is 1.75. The molecule has 0 bridgehead atoms. The van der Waals surface area contributed by atoms with Crippen molar-refractivity contribution < 1.29 is 9.72 Å². The van der Waals surface area contributed by atoms with Gasteiger partial charge in [0.25, 0.3) is 11.6 Å². The van der Waals surface area contributed by atoms with Gasteiger partial charge in [-0.1, -0.05) is 55.5 Å². The molecule has 0 aliphatic heterocycles. The summed E-state index contributed by atoms with van der Waals surface area (Å²) in [5.74, 6) is -0.288. The molecule has 1 heterocycles. The van der Waals surface area contributed by atoms with Crippen molar-refractivity contribution in [1.82, 2.24) is 15.1 Å². The van der Waals surface area contributed by atoms with Crippen LogP contribution >= 0.6 is 0 Å². The molecule has 0 aliphatic carbocycles. The number of benzene rings is 2. The number of nitro groups is 1. The summed E-state index contributed by atoms with van der Waals surface area (Å²) in [6.45, 7) is 2.64. The van der Waals surface area contributed by atoms with Crippen LogP contribution in [0.1, 0.15) is 34.1 Å². The largest absolute Gasteiger partial charge is 0.348 e. The maximum absolute atomic E-state index is 12.6. The highest BCUT2D eigenvalue weighted by molar-refractivity contribution is 5.95. The highest BCUT2D eigenvalue weighted by Gasteiger charge is 2.18. The first-order valence-electron chi connectivity index (χ1n) is 8.69. The lowest BCUT2D eigenvalue weighted by Crippen LogP contribution is -2.24. The molecule has 0 saturated carbocycles. The van der Waals surface area contributed by atoms with Crippen LogP contribution in [-0.2, 0) is 19.5 Å². The van der Waals surface area contributed by atoms with Crippen molar-refractivity contribution in [3.05, 3.63) is 93.3 Å². The number of aromatic nitrogens is 2. The van der Waals surface area contributed by atoms with E-state index in [2.05, 4.69) is 10.4 Å². The van der Waals surface area contributed by atoms with Gasteiger partial charge in [0.1, 0.15) is 0 Å². The number of nitro benzene ring substituents is 1. The fraction of sp³-hybridized carbons (Fsp3) is 0.200. The van der Waals surface area contributed by atoms with Gasteiger partial charge < -0.3 is 5.32 Å². The molecule has 1 N–H and O–H groups in total. The minimum atomic E-state index is -0.448. The smallest absolute Gasteiger partial charge is 0.274 e. The Morgan fingerprint density at radius 1 is 1.15 bits per heavy atom. The number of hydrogen-bond acceptors (Lipinski definition) is 4. The number of para-hydroxylation sites is 1. The summed E-state index contributed by atoms with van der Waals surface area (Å²) in [5, 5.41) is 18.2. The topological polar surface area (TPSA) is 90.1 Å². The molecule has 7 nitrogen and oxygen atoms in total. The first kappa shape index (κ1) is 18.3. The molecule has 0 fully saturated rings. The molecule has 0 atom stereocenters. The van der Waals surface area contributed by atoms with E-state index in [1.807, 2.05) is 41.9 Å². The third kappa shape index (κ3) is 4.20. The average Bonchev–Trinajstić information content (AvgIpc) is 3.09. The highest BCUT2D eigenvalue weighted by atomic mass is 16.6. The zero-order valence-corrected chi connectivity index (χ0v) is 15.0. The Kier molecular flexibility index (Phi) is 5.61. The summed E-state index contributed by atoms with van der Waals surface area (Å²) in [6, 6.07) is 16.3. The van der Waals surface area contributed by atoms with Gasteiger partial charge in [-0.25, -0.2) is 0 Å². The molecule has 3 aromatic rings.